The molecule has 0 bridgehead atoms. The molecule has 0 aliphatic carbocycles. The first-order valence-corrected chi connectivity index (χ1v) is 9.21. The van der Waals surface area contributed by atoms with Gasteiger partial charge >= 0.3 is 0 Å². The second kappa shape index (κ2) is 7.84. The average molecular weight is 387 g/mol. The molecule has 1 aliphatic heterocycles. The number of halogens is 1. The van der Waals surface area contributed by atoms with Crippen molar-refractivity contribution in [3.05, 3.63) is 47.6 Å². The summed E-state index contributed by atoms with van der Waals surface area (Å²) in [6.45, 7) is 0.871. The first-order chi connectivity index (χ1) is 13.2. The molecule has 1 unspecified atom stereocenters. The van der Waals surface area contributed by atoms with Crippen molar-refractivity contribution in [2.45, 2.75) is 31.8 Å². The number of fused-ring (bicyclic) bond motifs is 1. The van der Waals surface area contributed by atoms with Gasteiger partial charge in [-0.25, -0.2) is 9.97 Å². The van der Waals surface area contributed by atoms with Crippen LogP contribution in [0.15, 0.2) is 41.0 Å². The van der Waals surface area contributed by atoms with E-state index in [2.05, 4.69) is 20.6 Å². The Labute approximate surface area is 161 Å². The minimum absolute atomic E-state index is 0.00960. The number of hydrogen-bond acceptors (Lipinski definition) is 6. The van der Waals surface area contributed by atoms with Gasteiger partial charge in [0.15, 0.2) is 0 Å². The lowest BCUT2D eigenvalue weighted by Gasteiger charge is -2.23. The Morgan fingerprint density at radius 1 is 1.30 bits per heavy atom. The van der Waals surface area contributed by atoms with Crippen LogP contribution in [0, 0.1) is 0 Å². The minimum Gasteiger partial charge on any atom is -0.489 e. The van der Waals surface area contributed by atoms with E-state index in [9.17, 15) is 4.79 Å². The van der Waals surface area contributed by atoms with Crippen molar-refractivity contribution >= 4 is 34.2 Å². The molecule has 1 aliphatic rings. The van der Waals surface area contributed by atoms with E-state index in [4.69, 9.17) is 20.8 Å². The maximum atomic E-state index is 11.5. The van der Waals surface area contributed by atoms with E-state index in [1.165, 1.54) is 0 Å². The Balaban J connectivity index is 1.55. The fourth-order valence-corrected chi connectivity index (χ4v) is 3.30. The molecule has 3 heterocycles. The Morgan fingerprint density at radius 2 is 2.22 bits per heavy atom. The van der Waals surface area contributed by atoms with Crippen LogP contribution in [0.2, 0.25) is 5.28 Å². The lowest BCUT2D eigenvalue weighted by Crippen LogP contribution is -2.42. The van der Waals surface area contributed by atoms with Gasteiger partial charge in [0.05, 0.1) is 18.8 Å². The van der Waals surface area contributed by atoms with Gasteiger partial charge in [-0.3, -0.25) is 4.79 Å². The molecule has 1 aromatic carbocycles. The lowest BCUT2D eigenvalue weighted by atomic mass is 10.1. The highest BCUT2D eigenvalue weighted by Crippen LogP contribution is 2.30. The van der Waals surface area contributed by atoms with Gasteiger partial charge in [0.1, 0.15) is 29.5 Å². The first-order valence-electron chi connectivity index (χ1n) is 8.84. The first kappa shape index (κ1) is 17.6. The number of piperidine rings is 1. The second-order valence-corrected chi connectivity index (χ2v) is 6.73. The Morgan fingerprint density at radius 3 is 3.04 bits per heavy atom. The average Bonchev–Trinajstić information content (AvgIpc) is 3.18. The summed E-state index contributed by atoms with van der Waals surface area (Å²) in [6, 6.07) is 9.35. The van der Waals surface area contributed by atoms with Crippen molar-refractivity contribution in [1.82, 2.24) is 15.3 Å². The van der Waals surface area contributed by atoms with Crippen molar-refractivity contribution in [3.63, 3.8) is 0 Å². The van der Waals surface area contributed by atoms with Crippen LogP contribution in [0.5, 0.6) is 5.75 Å². The van der Waals surface area contributed by atoms with Gasteiger partial charge in [0, 0.05) is 11.8 Å². The van der Waals surface area contributed by atoms with E-state index in [0.29, 0.717) is 36.7 Å². The van der Waals surface area contributed by atoms with Gasteiger partial charge < -0.3 is 19.8 Å². The van der Waals surface area contributed by atoms with Crippen molar-refractivity contribution in [2.24, 2.45) is 0 Å². The maximum absolute atomic E-state index is 11.5. The molecule has 8 heteroatoms. The smallest absolute Gasteiger partial charge is 0.225 e. The van der Waals surface area contributed by atoms with E-state index < -0.39 is 0 Å². The Bertz CT molecular complexity index is 946. The van der Waals surface area contributed by atoms with Gasteiger partial charge in [-0.15, -0.1) is 0 Å². The second-order valence-electron chi connectivity index (χ2n) is 6.39. The zero-order valence-corrected chi connectivity index (χ0v) is 15.3. The summed E-state index contributed by atoms with van der Waals surface area (Å²) in [5, 5.41) is 7.11. The molecule has 1 amide bonds. The number of ether oxygens (including phenoxy) is 1. The fourth-order valence-electron chi connectivity index (χ4n) is 3.13. The van der Waals surface area contributed by atoms with Gasteiger partial charge in [-0.05, 0) is 48.7 Å². The number of aromatic nitrogens is 2. The SMILES string of the molecule is O=C1CCCC(COc2cccc3c(NCc4ccco4)nc(Cl)nc23)N1. The number of furan rings is 1. The number of rotatable bonds is 6. The molecule has 1 atom stereocenters. The summed E-state index contributed by atoms with van der Waals surface area (Å²) >= 11 is 6.13. The third kappa shape index (κ3) is 4.14. The molecule has 0 spiro atoms. The summed E-state index contributed by atoms with van der Waals surface area (Å²) in [5.41, 5.74) is 0.626. The van der Waals surface area contributed by atoms with Crippen LogP contribution < -0.4 is 15.4 Å². The molecule has 27 heavy (non-hydrogen) atoms. The van der Waals surface area contributed by atoms with E-state index in [1.807, 2.05) is 30.3 Å². The normalized spacial score (nSPS) is 16.9. The third-order valence-electron chi connectivity index (χ3n) is 4.43. The highest BCUT2D eigenvalue weighted by molar-refractivity contribution is 6.29. The summed E-state index contributed by atoms with van der Waals surface area (Å²) in [4.78, 5) is 20.2. The lowest BCUT2D eigenvalue weighted by molar-refractivity contribution is -0.123. The number of nitrogens with one attached hydrogen (secondary N) is 2. The van der Waals surface area contributed by atoms with Gasteiger partial charge in [-0.2, -0.15) is 0 Å². The van der Waals surface area contributed by atoms with Gasteiger partial charge in [0.2, 0.25) is 11.2 Å². The molecule has 1 saturated heterocycles. The number of nitrogens with zero attached hydrogens (tertiary/aromatic N) is 2. The highest BCUT2D eigenvalue weighted by atomic mass is 35.5. The van der Waals surface area contributed by atoms with E-state index in [-0.39, 0.29) is 17.2 Å². The number of para-hydroxylation sites is 1. The summed E-state index contributed by atoms with van der Waals surface area (Å²) in [5.74, 6) is 2.08. The molecule has 3 aromatic rings. The summed E-state index contributed by atoms with van der Waals surface area (Å²) < 4.78 is 11.3. The molecule has 140 valence electrons. The van der Waals surface area contributed by atoms with Gasteiger partial charge in [0.25, 0.3) is 0 Å². The van der Waals surface area contributed by atoms with Crippen LogP contribution in [-0.2, 0) is 11.3 Å². The Kier molecular flexibility index (Phi) is 5.11. The maximum Gasteiger partial charge on any atom is 0.225 e. The molecule has 7 nitrogen and oxygen atoms in total. The number of anilines is 1. The molecule has 4 rings (SSSR count). The van der Waals surface area contributed by atoms with Crippen molar-refractivity contribution in [2.75, 3.05) is 11.9 Å². The van der Waals surface area contributed by atoms with Crippen LogP contribution >= 0.6 is 11.6 Å². The quantitative estimate of drug-likeness (QED) is 0.630. The van der Waals surface area contributed by atoms with Gasteiger partial charge in [-0.1, -0.05) is 6.07 Å². The summed E-state index contributed by atoms with van der Waals surface area (Å²) in [7, 11) is 0. The number of benzene rings is 1. The molecule has 1 fully saturated rings. The molecule has 0 radical (unpaired) electrons. The number of amides is 1. The predicted molar refractivity (Wildman–Crippen MR) is 102 cm³/mol. The minimum atomic E-state index is 0.00960. The summed E-state index contributed by atoms with van der Waals surface area (Å²) in [6.07, 6.45) is 3.99. The van der Waals surface area contributed by atoms with Crippen molar-refractivity contribution < 1.29 is 13.9 Å². The predicted octanol–water partition coefficient (Wildman–Crippen LogP) is 3.54. The van der Waals surface area contributed by atoms with Crippen molar-refractivity contribution in [3.8, 4) is 5.75 Å². The zero-order chi connectivity index (χ0) is 18.6. The molecular formula is C19H19ClN4O3. The zero-order valence-electron chi connectivity index (χ0n) is 14.6. The Hall–Kier alpha value is -2.80. The highest BCUT2D eigenvalue weighted by Gasteiger charge is 2.19. The van der Waals surface area contributed by atoms with Crippen molar-refractivity contribution in [1.29, 1.82) is 0 Å². The monoisotopic (exact) mass is 386 g/mol. The number of hydrogen-bond donors (Lipinski definition) is 2. The van der Waals surface area contributed by atoms with E-state index in [0.717, 1.165) is 24.0 Å². The van der Waals surface area contributed by atoms with Crippen LogP contribution in [-0.4, -0.2) is 28.5 Å². The molecule has 2 N–H and O–H groups in total. The molecular weight excluding hydrogens is 368 g/mol. The van der Waals surface area contributed by atoms with E-state index >= 15 is 0 Å². The fraction of sp³-hybridized carbons (Fsp3) is 0.316. The van der Waals surface area contributed by atoms with Crippen LogP contribution in [0.1, 0.15) is 25.0 Å². The number of carbonyl (C=O) groups is 1. The third-order valence-corrected chi connectivity index (χ3v) is 4.60. The topological polar surface area (TPSA) is 89.3 Å². The number of carbonyl (C=O) groups excluding carboxylic acids is 1. The largest absolute Gasteiger partial charge is 0.489 e. The molecule has 2 aromatic heterocycles. The van der Waals surface area contributed by atoms with Crippen LogP contribution in [0.25, 0.3) is 10.9 Å². The standard InChI is InChI=1S/C19H19ClN4O3/c20-19-23-17-14(18(24-19)21-10-13-5-3-9-26-13)6-2-7-15(17)27-11-12-4-1-8-16(25)22-12/h2-3,5-7,9,12H,1,4,8,10-11H2,(H,22,25)(H,21,23,24). The molecule has 0 saturated carbocycles. The van der Waals surface area contributed by atoms with E-state index in [1.54, 1.807) is 6.26 Å². The van der Waals surface area contributed by atoms with Crippen LogP contribution in [0.3, 0.4) is 0 Å². The van der Waals surface area contributed by atoms with Crippen LogP contribution in [0.4, 0.5) is 5.82 Å².